The summed E-state index contributed by atoms with van der Waals surface area (Å²) >= 11 is 0. The quantitative estimate of drug-likeness (QED) is 0.847. The molecule has 17 heavy (non-hydrogen) atoms. The second-order valence-electron chi connectivity index (χ2n) is 5.30. The van der Waals surface area contributed by atoms with E-state index in [1.807, 2.05) is 12.1 Å². The van der Waals surface area contributed by atoms with Crippen molar-refractivity contribution < 1.29 is 0 Å². The molecule has 1 aromatic heterocycles. The lowest BCUT2D eigenvalue weighted by molar-refractivity contribution is 0.281. The Bertz CT molecular complexity index is 412. The van der Waals surface area contributed by atoms with Crippen molar-refractivity contribution in [3.63, 3.8) is 0 Å². The van der Waals surface area contributed by atoms with Gasteiger partial charge in [0.15, 0.2) is 0 Å². The standard InChI is InChI=1S/C14H19N3/c1-10-5-11(2)7-13(6-10)17-12-3-4-16-14(8-12)9-15/h3-4,8,10-11,13H,5-7H2,1-2H3,(H,16,17). The lowest BCUT2D eigenvalue weighted by atomic mass is 9.80. The second kappa shape index (κ2) is 5.18. The summed E-state index contributed by atoms with van der Waals surface area (Å²) in [4.78, 5) is 3.98. The van der Waals surface area contributed by atoms with Crippen LogP contribution in [0.15, 0.2) is 18.3 Å². The number of rotatable bonds is 2. The van der Waals surface area contributed by atoms with Gasteiger partial charge in [-0.3, -0.25) is 0 Å². The highest BCUT2D eigenvalue weighted by atomic mass is 14.9. The fraction of sp³-hybridized carbons (Fsp3) is 0.571. The third kappa shape index (κ3) is 3.20. The first-order valence-corrected chi connectivity index (χ1v) is 6.30. The second-order valence-corrected chi connectivity index (χ2v) is 5.30. The van der Waals surface area contributed by atoms with E-state index in [2.05, 4.69) is 30.2 Å². The maximum atomic E-state index is 8.81. The van der Waals surface area contributed by atoms with Gasteiger partial charge in [-0.15, -0.1) is 0 Å². The van der Waals surface area contributed by atoms with Crippen LogP contribution < -0.4 is 5.32 Å². The molecule has 1 aliphatic rings. The maximum absolute atomic E-state index is 8.81. The van der Waals surface area contributed by atoms with Crippen molar-refractivity contribution in [1.29, 1.82) is 5.26 Å². The largest absolute Gasteiger partial charge is 0.382 e. The number of pyridine rings is 1. The number of nitriles is 1. The summed E-state index contributed by atoms with van der Waals surface area (Å²) in [5, 5.41) is 12.3. The Morgan fingerprint density at radius 3 is 2.65 bits per heavy atom. The van der Waals surface area contributed by atoms with E-state index < -0.39 is 0 Å². The van der Waals surface area contributed by atoms with Crippen LogP contribution in [-0.2, 0) is 0 Å². The third-order valence-corrected chi connectivity index (χ3v) is 3.42. The molecule has 0 bridgehead atoms. The van der Waals surface area contributed by atoms with E-state index in [1.165, 1.54) is 19.3 Å². The molecule has 1 fully saturated rings. The molecule has 0 aliphatic heterocycles. The molecule has 1 aromatic rings. The highest BCUT2D eigenvalue weighted by Crippen LogP contribution is 2.30. The normalized spacial score (nSPS) is 28.4. The van der Waals surface area contributed by atoms with Crippen LogP contribution in [0.3, 0.4) is 0 Å². The molecule has 0 spiro atoms. The summed E-state index contributed by atoms with van der Waals surface area (Å²) in [6.07, 6.45) is 5.46. The fourth-order valence-corrected chi connectivity index (χ4v) is 2.88. The van der Waals surface area contributed by atoms with Gasteiger partial charge in [0, 0.05) is 17.9 Å². The van der Waals surface area contributed by atoms with Crippen LogP contribution in [0, 0.1) is 23.2 Å². The molecule has 2 unspecified atom stereocenters. The monoisotopic (exact) mass is 229 g/mol. The van der Waals surface area contributed by atoms with E-state index in [9.17, 15) is 0 Å². The SMILES string of the molecule is CC1CC(C)CC(Nc2ccnc(C#N)c2)C1. The number of nitrogens with one attached hydrogen (secondary N) is 1. The van der Waals surface area contributed by atoms with Crippen LogP contribution in [0.4, 0.5) is 5.69 Å². The molecular formula is C14H19N3. The maximum Gasteiger partial charge on any atom is 0.142 e. The Labute approximate surface area is 103 Å². The van der Waals surface area contributed by atoms with Crippen molar-refractivity contribution in [2.24, 2.45) is 11.8 Å². The molecule has 0 amide bonds. The van der Waals surface area contributed by atoms with Gasteiger partial charge in [-0.25, -0.2) is 4.98 Å². The van der Waals surface area contributed by atoms with E-state index in [0.29, 0.717) is 11.7 Å². The van der Waals surface area contributed by atoms with E-state index in [1.54, 1.807) is 6.20 Å². The summed E-state index contributed by atoms with van der Waals surface area (Å²) < 4.78 is 0. The molecule has 1 aliphatic carbocycles. The topological polar surface area (TPSA) is 48.7 Å². The minimum atomic E-state index is 0.479. The van der Waals surface area contributed by atoms with Crippen LogP contribution in [0.2, 0.25) is 0 Å². The Balaban J connectivity index is 2.02. The average molecular weight is 229 g/mol. The minimum absolute atomic E-state index is 0.479. The number of aromatic nitrogens is 1. The van der Waals surface area contributed by atoms with E-state index in [4.69, 9.17) is 5.26 Å². The number of hydrogen-bond acceptors (Lipinski definition) is 3. The van der Waals surface area contributed by atoms with Crippen molar-refractivity contribution in [1.82, 2.24) is 4.98 Å². The van der Waals surface area contributed by atoms with Gasteiger partial charge in [-0.1, -0.05) is 13.8 Å². The molecular weight excluding hydrogens is 210 g/mol. The van der Waals surface area contributed by atoms with Crippen LogP contribution in [0.1, 0.15) is 38.8 Å². The third-order valence-electron chi connectivity index (χ3n) is 3.42. The van der Waals surface area contributed by atoms with Crippen LogP contribution in [0.25, 0.3) is 0 Å². The van der Waals surface area contributed by atoms with Gasteiger partial charge in [-0.2, -0.15) is 5.26 Å². The predicted octanol–water partition coefficient (Wildman–Crippen LogP) is 3.19. The van der Waals surface area contributed by atoms with Crippen molar-refractivity contribution >= 4 is 5.69 Å². The highest BCUT2D eigenvalue weighted by molar-refractivity contribution is 5.46. The van der Waals surface area contributed by atoms with Gasteiger partial charge >= 0.3 is 0 Å². The first-order chi connectivity index (χ1) is 8.17. The van der Waals surface area contributed by atoms with Gasteiger partial charge in [0.1, 0.15) is 11.8 Å². The molecule has 1 saturated carbocycles. The van der Waals surface area contributed by atoms with Gasteiger partial charge < -0.3 is 5.32 Å². The van der Waals surface area contributed by atoms with Gasteiger partial charge in [0.2, 0.25) is 0 Å². The average Bonchev–Trinajstić information content (AvgIpc) is 2.28. The molecule has 3 nitrogen and oxygen atoms in total. The number of anilines is 1. The van der Waals surface area contributed by atoms with Crippen molar-refractivity contribution in [2.45, 2.75) is 39.2 Å². The van der Waals surface area contributed by atoms with E-state index in [0.717, 1.165) is 17.5 Å². The lowest BCUT2D eigenvalue weighted by Crippen LogP contribution is -2.30. The summed E-state index contributed by atoms with van der Waals surface area (Å²) in [5.74, 6) is 1.57. The Morgan fingerprint density at radius 2 is 2.00 bits per heavy atom. The number of nitrogens with zero attached hydrogens (tertiary/aromatic N) is 2. The first-order valence-electron chi connectivity index (χ1n) is 6.30. The zero-order valence-electron chi connectivity index (χ0n) is 10.5. The van der Waals surface area contributed by atoms with E-state index >= 15 is 0 Å². The number of hydrogen-bond donors (Lipinski definition) is 1. The zero-order chi connectivity index (χ0) is 12.3. The first kappa shape index (κ1) is 11.9. The Hall–Kier alpha value is -1.56. The summed E-state index contributed by atoms with van der Waals surface area (Å²) in [6.45, 7) is 4.63. The van der Waals surface area contributed by atoms with Crippen molar-refractivity contribution in [2.75, 3.05) is 5.32 Å². The van der Waals surface area contributed by atoms with Crippen LogP contribution in [-0.4, -0.2) is 11.0 Å². The smallest absolute Gasteiger partial charge is 0.142 e. The molecule has 3 heteroatoms. The van der Waals surface area contributed by atoms with Crippen molar-refractivity contribution in [3.8, 4) is 6.07 Å². The summed E-state index contributed by atoms with van der Waals surface area (Å²) in [7, 11) is 0. The predicted molar refractivity (Wildman–Crippen MR) is 68.5 cm³/mol. The molecule has 1 N–H and O–H groups in total. The molecule has 2 rings (SSSR count). The molecule has 2 atom stereocenters. The Morgan fingerprint density at radius 1 is 1.29 bits per heavy atom. The molecule has 90 valence electrons. The van der Waals surface area contributed by atoms with Gasteiger partial charge in [-0.05, 0) is 43.2 Å². The summed E-state index contributed by atoms with van der Waals surface area (Å²) in [6, 6.07) is 6.36. The van der Waals surface area contributed by atoms with Crippen molar-refractivity contribution in [3.05, 3.63) is 24.0 Å². The lowest BCUT2D eigenvalue weighted by Gasteiger charge is -2.32. The minimum Gasteiger partial charge on any atom is -0.382 e. The highest BCUT2D eigenvalue weighted by Gasteiger charge is 2.23. The van der Waals surface area contributed by atoms with Gasteiger partial charge in [0.25, 0.3) is 0 Å². The van der Waals surface area contributed by atoms with Crippen LogP contribution >= 0.6 is 0 Å². The van der Waals surface area contributed by atoms with E-state index in [-0.39, 0.29) is 0 Å². The Kier molecular flexibility index (Phi) is 3.63. The molecule has 0 aromatic carbocycles. The molecule has 1 heterocycles. The zero-order valence-corrected chi connectivity index (χ0v) is 10.5. The fourth-order valence-electron chi connectivity index (χ4n) is 2.88. The molecule has 0 saturated heterocycles. The molecule has 0 radical (unpaired) electrons. The van der Waals surface area contributed by atoms with Crippen LogP contribution in [0.5, 0.6) is 0 Å². The summed E-state index contributed by atoms with van der Waals surface area (Å²) in [5.41, 5.74) is 1.50. The van der Waals surface area contributed by atoms with Gasteiger partial charge in [0.05, 0.1) is 0 Å².